The number of rotatable bonds is 4. The van der Waals surface area contributed by atoms with Crippen LogP contribution in [-0.4, -0.2) is 58.0 Å². The van der Waals surface area contributed by atoms with E-state index in [2.05, 4.69) is 0 Å². The fourth-order valence-electron chi connectivity index (χ4n) is 4.72. The average molecular weight is 364 g/mol. The highest BCUT2D eigenvalue weighted by Gasteiger charge is 2.67. The predicted molar refractivity (Wildman–Crippen MR) is 102 cm³/mol. The van der Waals surface area contributed by atoms with Crippen molar-refractivity contribution in [2.45, 2.75) is 30.8 Å². The van der Waals surface area contributed by atoms with Gasteiger partial charge < -0.3 is 14.9 Å². The molecule has 2 aliphatic rings. The molecular formula is C22H24N2O3. The van der Waals surface area contributed by atoms with Crippen LogP contribution in [0, 0.1) is 0 Å². The maximum absolute atomic E-state index is 13.2. The second kappa shape index (κ2) is 6.82. The number of nitrogens with zero attached hydrogens (tertiary/aromatic N) is 2. The second-order valence-electron chi connectivity index (χ2n) is 7.39. The molecule has 1 spiro atoms. The zero-order valence-electron chi connectivity index (χ0n) is 15.4. The van der Waals surface area contributed by atoms with Gasteiger partial charge in [-0.2, -0.15) is 0 Å². The summed E-state index contributed by atoms with van der Waals surface area (Å²) in [6.45, 7) is 2.80. The number of aliphatic hydroxyl groups excluding tert-OH is 1. The van der Waals surface area contributed by atoms with E-state index in [1.807, 2.05) is 65.3 Å². The van der Waals surface area contributed by atoms with Crippen LogP contribution < -0.4 is 0 Å². The molecule has 2 aromatic rings. The van der Waals surface area contributed by atoms with Crippen molar-refractivity contribution in [3.8, 4) is 0 Å². The lowest BCUT2D eigenvalue weighted by atomic mass is 9.60. The minimum atomic E-state index is -0.438. The Hall–Kier alpha value is -2.66. The molecular weight excluding hydrogens is 340 g/mol. The van der Waals surface area contributed by atoms with Crippen molar-refractivity contribution in [2.75, 3.05) is 19.7 Å². The Labute approximate surface area is 159 Å². The zero-order valence-corrected chi connectivity index (χ0v) is 15.4. The maximum atomic E-state index is 13.2. The van der Waals surface area contributed by atoms with Crippen LogP contribution in [0.3, 0.4) is 0 Å². The largest absolute Gasteiger partial charge is 0.394 e. The number of likely N-dealkylation sites (tertiary alicyclic amines) is 2. The summed E-state index contributed by atoms with van der Waals surface area (Å²) in [6.07, 6.45) is 0.460. The summed E-state index contributed by atoms with van der Waals surface area (Å²) in [5, 5.41) is 10.1. The first-order chi connectivity index (χ1) is 13.1. The van der Waals surface area contributed by atoms with E-state index in [9.17, 15) is 14.7 Å². The molecule has 0 radical (unpaired) electrons. The molecule has 2 heterocycles. The Bertz CT molecular complexity index is 831. The third kappa shape index (κ3) is 2.65. The van der Waals surface area contributed by atoms with E-state index in [1.165, 1.54) is 0 Å². The minimum Gasteiger partial charge on any atom is -0.394 e. The summed E-state index contributed by atoms with van der Waals surface area (Å²) >= 11 is 0. The van der Waals surface area contributed by atoms with E-state index >= 15 is 0 Å². The topological polar surface area (TPSA) is 60.9 Å². The molecule has 2 aliphatic heterocycles. The van der Waals surface area contributed by atoms with E-state index in [0.717, 1.165) is 5.56 Å². The van der Waals surface area contributed by atoms with Gasteiger partial charge in [-0.15, -0.1) is 0 Å². The summed E-state index contributed by atoms with van der Waals surface area (Å²) < 4.78 is 0. The van der Waals surface area contributed by atoms with Gasteiger partial charge in [0.25, 0.3) is 5.91 Å². The summed E-state index contributed by atoms with van der Waals surface area (Å²) in [6, 6.07) is 18.9. The summed E-state index contributed by atoms with van der Waals surface area (Å²) in [4.78, 5) is 29.0. The number of aliphatic hydroxyl groups is 1. The molecule has 2 atom stereocenters. The molecule has 4 rings (SSSR count). The van der Waals surface area contributed by atoms with Gasteiger partial charge in [0, 0.05) is 31.0 Å². The third-order valence-corrected chi connectivity index (χ3v) is 5.94. The quantitative estimate of drug-likeness (QED) is 0.905. The molecule has 140 valence electrons. The Balaban J connectivity index is 1.69. The first-order valence-corrected chi connectivity index (χ1v) is 9.44. The molecule has 2 saturated heterocycles. The number of benzene rings is 2. The lowest BCUT2D eigenvalue weighted by Gasteiger charge is -2.70. The first-order valence-electron chi connectivity index (χ1n) is 9.44. The van der Waals surface area contributed by atoms with Crippen molar-refractivity contribution in [3.63, 3.8) is 0 Å². The van der Waals surface area contributed by atoms with Gasteiger partial charge in [0.15, 0.2) is 0 Å². The third-order valence-electron chi connectivity index (χ3n) is 5.94. The van der Waals surface area contributed by atoms with Crippen LogP contribution in [0.2, 0.25) is 0 Å². The van der Waals surface area contributed by atoms with Crippen molar-refractivity contribution in [1.82, 2.24) is 9.80 Å². The molecule has 2 fully saturated rings. The molecule has 2 aromatic carbocycles. The summed E-state index contributed by atoms with van der Waals surface area (Å²) in [5.41, 5.74) is 1.28. The molecule has 5 heteroatoms. The number of carbonyl (C=O) groups is 2. The monoisotopic (exact) mass is 364 g/mol. The van der Waals surface area contributed by atoms with Crippen molar-refractivity contribution < 1.29 is 14.7 Å². The molecule has 0 aromatic heterocycles. The Kier molecular flexibility index (Phi) is 4.48. The zero-order chi connectivity index (χ0) is 19.0. The lowest BCUT2D eigenvalue weighted by Crippen LogP contribution is -2.85. The first kappa shape index (κ1) is 17.7. The van der Waals surface area contributed by atoms with E-state index in [4.69, 9.17) is 0 Å². The van der Waals surface area contributed by atoms with Crippen LogP contribution in [0.15, 0.2) is 60.7 Å². The fourth-order valence-corrected chi connectivity index (χ4v) is 4.72. The van der Waals surface area contributed by atoms with Gasteiger partial charge in [-0.25, -0.2) is 0 Å². The highest BCUT2D eigenvalue weighted by molar-refractivity contribution is 5.96. The van der Waals surface area contributed by atoms with E-state index < -0.39 is 5.54 Å². The van der Waals surface area contributed by atoms with Gasteiger partial charge >= 0.3 is 0 Å². The Morgan fingerprint density at radius 1 is 1.04 bits per heavy atom. The van der Waals surface area contributed by atoms with Crippen molar-refractivity contribution in [3.05, 3.63) is 71.8 Å². The number of carbonyl (C=O) groups excluding carboxylic acids is 2. The van der Waals surface area contributed by atoms with Crippen molar-refractivity contribution in [1.29, 1.82) is 0 Å². The lowest BCUT2D eigenvalue weighted by molar-refractivity contribution is -0.178. The number of hydrogen-bond acceptors (Lipinski definition) is 3. The SMILES string of the molecule is CCC(=O)N1CC2(C1)[C@H](c1ccccc1)[C@H](CO)N2C(=O)c1ccccc1. The van der Waals surface area contributed by atoms with E-state index in [1.54, 1.807) is 12.1 Å². The average Bonchev–Trinajstić information content (AvgIpc) is 2.67. The maximum Gasteiger partial charge on any atom is 0.254 e. The van der Waals surface area contributed by atoms with Gasteiger partial charge in [0.05, 0.1) is 18.2 Å². The van der Waals surface area contributed by atoms with Gasteiger partial charge in [-0.05, 0) is 17.7 Å². The van der Waals surface area contributed by atoms with E-state index in [-0.39, 0.29) is 30.4 Å². The van der Waals surface area contributed by atoms with E-state index in [0.29, 0.717) is 25.1 Å². The summed E-state index contributed by atoms with van der Waals surface area (Å²) in [7, 11) is 0. The van der Waals surface area contributed by atoms with Crippen molar-refractivity contribution in [2.24, 2.45) is 0 Å². The number of amides is 2. The van der Waals surface area contributed by atoms with Crippen LogP contribution in [-0.2, 0) is 4.79 Å². The Morgan fingerprint density at radius 2 is 1.63 bits per heavy atom. The molecule has 0 unspecified atom stereocenters. The predicted octanol–water partition coefficient (Wildman–Crippen LogP) is 2.28. The molecule has 0 saturated carbocycles. The van der Waals surface area contributed by atoms with Gasteiger partial charge in [-0.3, -0.25) is 9.59 Å². The van der Waals surface area contributed by atoms with Crippen LogP contribution in [0.4, 0.5) is 0 Å². The molecule has 2 amide bonds. The Morgan fingerprint density at radius 3 is 2.19 bits per heavy atom. The fraction of sp³-hybridized carbons (Fsp3) is 0.364. The van der Waals surface area contributed by atoms with Crippen LogP contribution in [0.1, 0.15) is 35.2 Å². The van der Waals surface area contributed by atoms with Gasteiger partial charge in [-0.1, -0.05) is 55.5 Å². The summed E-state index contributed by atoms with van der Waals surface area (Å²) in [5.74, 6) is 0.0506. The van der Waals surface area contributed by atoms with Crippen LogP contribution in [0.25, 0.3) is 0 Å². The van der Waals surface area contributed by atoms with Crippen LogP contribution >= 0.6 is 0 Å². The van der Waals surface area contributed by atoms with Crippen molar-refractivity contribution >= 4 is 11.8 Å². The molecule has 0 aliphatic carbocycles. The normalized spacial score (nSPS) is 22.9. The molecule has 27 heavy (non-hydrogen) atoms. The molecule has 5 nitrogen and oxygen atoms in total. The molecule has 1 N–H and O–H groups in total. The van der Waals surface area contributed by atoms with Gasteiger partial charge in [0.1, 0.15) is 0 Å². The second-order valence-corrected chi connectivity index (χ2v) is 7.39. The smallest absolute Gasteiger partial charge is 0.254 e. The molecule has 0 bridgehead atoms. The van der Waals surface area contributed by atoms with Crippen LogP contribution in [0.5, 0.6) is 0 Å². The minimum absolute atomic E-state index is 0.0252. The number of hydrogen-bond donors (Lipinski definition) is 1. The highest BCUT2D eigenvalue weighted by Crippen LogP contribution is 2.54. The highest BCUT2D eigenvalue weighted by atomic mass is 16.3. The standard InChI is InChI=1S/C22H24N2O3/c1-2-19(26)23-14-22(15-23)20(16-9-5-3-6-10-16)18(13-25)24(22)21(27)17-11-7-4-8-12-17/h3-12,18,20,25H,2,13-15H2,1H3/t18-,20+/m0/s1. The van der Waals surface area contributed by atoms with Gasteiger partial charge in [0.2, 0.25) is 5.91 Å².